The number of nitrogen functional groups attached to an aromatic ring is 1. The first-order valence-corrected chi connectivity index (χ1v) is 6.12. The maximum Gasteiger partial charge on any atom is 0.310 e. The summed E-state index contributed by atoms with van der Waals surface area (Å²) in [4.78, 5) is 11.6. The van der Waals surface area contributed by atoms with Crippen LogP contribution in [0.1, 0.15) is 32.3 Å². The Morgan fingerprint density at radius 3 is 2.88 bits per heavy atom. The van der Waals surface area contributed by atoms with E-state index in [2.05, 4.69) is 13.8 Å². The molecule has 1 aromatic carbocycles. The van der Waals surface area contributed by atoms with Gasteiger partial charge in [-0.3, -0.25) is 4.79 Å². The van der Waals surface area contributed by atoms with Crippen molar-refractivity contribution in [2.24, 2.45) is 5.92 Å². The molecule has 0 saturated carbocycles. The van der Waals surface area contributed by atoms with Crippen molar-refractivity contribution in [1.82, 2.24) is 0 Å². The van der Waals surface area contributed by atoms with Gasteiger partial charge in [-0.1, -0.05) is 32.4 Å². The number of hydrogen-bond acceptors (Lipinski definition) is 3. The van der Waals surface area contributed by atoms with Gasteiger partial charge in [0.1, 0.15) is 0 Å². The molecule has 0 saturated heterocycles. The van der Waals surface area contributed by atoms with Crippen LogP contribution in [0.25, 0.3) is 0 Å². The Bertz CT molecular complexity index is 363. The summed E-state index contributed by atoms with van der Waals surface area (Å²) in [5, 5.41) is 0. The third-order valence-electron chi connectivity index (χ3n) is 2.61. The second-order valence-electron chi connectivity index (χ2n) is 4.50. The van der Waals surface area contributed by atoms with Crippen molar-refractivity contribution in [2.45, 2.75) is 33.1 Å². The molecule has 1 atom stereocenters. The molecule has 0 fully saturated rings. The summed E-state index contributed by atoms with van der Waals surface area (Å²) >= 11 is 0. The molecule has 0 aliphatic rings. The van der Waals surface area contributed by atoms with Gasteiger partial charge in [0.2, 0.25) is 0 Å². The van der Waals surface area contributed by atoms with Crippen molar-refractivity contribution in [3.05, 3.63) is 29.8 Å². The molecule has 1 unspecified atom stereocenters. The van der Waals surface area contributed by atoms with Crippen LogP contribution in [0, 0.1) is 5.92 Å². The standard InChI is InChI=1S/C14H21NO2/c1-3-5-11(2)10-17-14(16)9-12-6-4-7-13(15)8-12/h4,6-8,11H,3,5,9-10,15H2,1-2H3. The van der Waals surface area contributed by atoms with Crippen molar-refractivity contribution >= 4 is 11.7 Å². The van der Waals surface area contributed by atoms with Gasteiger partial charge in [0.25, 0.3) is 0 Å². The summed E-state index contributed by atoms with van der Waals surface area (Å²) in [7, 11) is 0. The lowest BCUT2D eigenvalue weighted by Crippen LogP contribution is -2.13. The normalized spacial score (nSPS) is 12.1. The number of rotatable bonds is 6. The molecule has 0 aliphatic carbocycles. The van der Waals surface area contributed by atoms with Crippen LogP contribution in [-0.4, -0.2) is 12.6 Å². The molecule has 0 amide bonds. The molecular weight excluding hydrogens is 214 g/mol. The van der Waals surface area contributed by atoms with Gasteiger partial charge < -0.3 is 10.5 Å². The topological polar surface area (TPSA) is 52.3 Å². The molecule has 0 heterocycles. The number of nitrogens with two attached hydrogens (primary N) is 1. The number of benzene rings is 1. The number of ether oxygens (including phenoxy) is 1. The SMILES string of the molecule is CCCC(C)COC(=O)Cc1cccc(N)c1. The van der Waals surface area contributed by atoms with Crippen LogP contribution < -0.4 is 5.73 Å². The lowest BCUT2D eigenvalue weighted by Gasteiger charge is -2.10. The Morgan fingerprint density at radius 1 is 1.47 bits per heavy atom. The van der Waals surface area contributed by atoms with Crippen molar-refractivity contribution in [2.75, 3.05) is 12.3 Å². The molecule has 0 bridgehead atoms. The fourth-order valence-electron chi connectivity index (χ4n) is 1.73. The number of carbonyl (C=O) groups is 1. The fourth-order valence-corrected chi connectivity index (χ4v) is 1.73. The molecule has 94 valence electrons. The third-order valence-corrected chi connectivity index (χ3v) is 2.61. The molecular formula is C14H21NO2. The first kappa shape index (κ1) is 13.6. The number of esters is 1. The molecule has 3 heteroatoms. The third kappa shape index (κ3) is 5.38. The van der Waals surface area contributed by atoms with E-state index in [1.165, 1.54) is 0 Å². The minimum atomic E-state index is -0.182. The van der Waals surface area contributed by atoms with E-state index in [9.17, 15) is 4.79 Å². The average Bonchev–Trinajstić information content (AvgIpc) is 2.27. The second kappa shape index (κ2) is 6.94. The highest BCUT2D eigenvalue weighted by Crippen LogP contribution is 2.09. The summed E-state index contributed by atoms with van der Waals surface area (Å²) in [6.07, 6.45) is 2.50. The molecule has 0 aromatic heterocycles. The Labute approximate surface area is 103 Å². The maximum atomic E-state index is 11.6. The monoisotopic (exact) mass is 235 g/mol. The van der Waals surface area contributed by atoms with E-state index < -0.39 is 0 Å². The van der Waals surface area contributed by atoms with Gasteiger partial charge in [0.15, 0.2) is 0 Å². The zero-order chi connectivity index (χ0) is 12.7. The zero-order valence-corrected chi connectivity index (χ0v) is 10.6. The van der Waals surface area contributed by atoms with Crippen molar-refractivity contribution in [3.63, 3.8) is 0 Å². The van der Waals surface area contributed by atoms with Crippen LogP contribution in [-0.2, 0) is 16.0 Å². The maximum absolute atomic E-state index is 11.6. The lowest BCUT2D eigenvalue weighted by atomic mass is 10.1. The van der Waals surface area contributed by atoms with E-state index >= 15 is 0 Å². The predicted octanol–water partition coefficient (Wildman–Crippen LogP) is 2.79. The molecule has 0 aliphatic heterocycles. The van der Waals surface area contributed by atoms with Crippen LogP contribution in [0.2, 0.25) is 0 Å². The summed E-state index contributed by atoms with van der Waals surface area (Å²) in [6.45, 7) is 4.73. The summed E-state index contributed by atoms with van der Waals surface area (Å²) in [6, 6.07) is 7.33. The van der Waals surface area contributed by atoms with Gasteiger partial charge in [-0.2, -0.15) is 0 Å². The van der Waals surface area contributed by atoms with Gasteiger partial charge in [-0.05, 0) is 30.0 Å². The fraction of sp³-hybridized carbons (Fsp3) is 0.500. The van der Waals surface area contributed by atoms with Gasteiger partial charge >= 0.3 is 5.97 Å². The smallest absolute Gasteiger partial charge is 0.310 e. The van der Waals surface area contributed by atoms with E-state index in [0.717, 1.165) is 18.4 Å². The molecule has 1 aromatic rings. The molecule has 3 nitrogen and oxygen atoms in total. The van der Waals surface area contributed by atoms with Crippen molar-refractivity contribution in [3.8, 4) is 0 Å². The molecule has 17 heavy (non-hydrogen) atoms. The van der Waals surface area contributed by atoms with E-state index in [4.69, 9.17) is 10.5 Å². The second-order valence-corrected chi connectivity index (χ2v) is 4.50. The minimum absolute atomic E-state index is 0.182. The van der Waals surface area contributed by atoms with Gasteiger partial charge in [-0.25, -0.2) is 0 Å². The first-order chi connectivity index (χ1) is 8.11. The minimum Gasteiger partial charge on any atom is -0.465 e. The van der Waals surface area contributed by atoms with E-state index in [1.54, 1.807) is 12.1 Å². The predicted molar refractivity (Wildman–Crippen MR) is 69.6 cm³/mol. The highest BCUT2D eigenvalue weighted by Gasteiger charge is 2.07. The van der Waals surface area contributed by atoms with Crippen LogP contribution in [0.15, 0.2) is 24.3 Å². The Hall–Kier alpha value is -1.51. The Balaban J connectivity index is 2.34. The first-order valence-electron chi connectivity index (χ1n) is 6.12. The van der Waals surface area contributed by atoms with Crippen LogP contribution in [0.3, 0.4) is 0 Å². The molecule has 0 radical (unpaired) electrons. The lowest BCUT2D eigenvalue weighted by molar-refractivity contribution is -0.144. The average molecular weight is 235 g/mol. The highest BCUT2D eigenvalue weighted by atomic mass is 16.5. The van der Waals surface area contributed by atoms with E-state index in [1.807, 2.05) is 12.1 Å². The zero-order valence-electron chi connectivity index (χ0n) is 10.6. The van der Waals surface area contributed by atoms with Gasteiger partial charge in [0, 0.05) is 5.69 Å². The van der Waals surface area contributed by atoms with Crippen molar-refractivity contribution in [1.29, 1.82) is 0 Å². The number of anilines is 1. The van der Waals surface area contributed by atoms with Crippen molar-refractivity contribution < 1.29 is 9.53 Å². The quantitative estimate of drug-likeness (QED) is 0.609. The van der Waals surface area contributed by atoms with Crippen LogP contribution in [0.5, 0.6) is 0 Å². The highest BCUT2D eigenvalue weighted by molar-refractivity contribution is 5.73. The molecule has 1 rings (SSSR count). The molecule has 0 spiro atoms. The van der Waals surface area contributed by atoms with Crippen LogP contribution in [0.4, 0.5) is 5.69 Å². The number of carbonyl (C=O) groups excluding carboxylic acids is 1. The van der Waals surface area contributed by atoms with Gasteiger partial charge in [0.05, 0.1) is 13.0 Å². The Kier molecular flexibility index (Phi) is 5.53. The largest absolute Gasteiger partial charge is 0.465 e. The summed E-state index contributed by atoms with van der Waals surface area (Å²) < 4.78 is 5.22. The molecule has 2 N–H and O–H groups in total. The van der Waals surface area contributed by atoms with E-state index in [0.29, 0.717) is 24.6 Å². The van der Waals surface area contributed by atoms with Crippen LogP contribution >= 0.6 is 0 Å². The summed E-state index contributed by atoms with van der Waals surface area (Å²) in [5.74, 6) is 0.253. The van der Waals surface area contributed by atoms with E-state index in [-0.39, 0.29) is 5.97 Å². The number of hydrogen-bond donors (Lipinski definition) is 1. The Morgan fingerprint density at radius 2 is 2.24 bits per heavy atom. The van der Waals surface area contributed by atoms with Gasteiger partial charge in [-0.15, -0.1) is 0 Å². The summed E-state index contributed by atoms with van der Waals surface area (Å²) in [5.41, 5.74) is 7.22.